The Hall–Kier alpha value is -1.71. The summed E-state index contributed by atoms with van der Waals surface area (Å²) in [4.78, 5) is 0. The molecule has 0 aliphatic heterocycles. The lowest BCUT2D eigenvalue weighted by Crippen LogP contribution is -1.91. The fraction of sp³-hybridized carbons (Fsp3) is 0.125. The van der Waals surface area contributed by atoms with Crippen molar-refractivity contribution >= 4 is 22.9 Å². The molecule has 0 fully saturated rings. The Morgan fingerprint density at radius 3 is 2.35 bits per heavy atom. The Labute approximate surface area is 127 Å². The highest BCUT2D eigenvalue weighted by molar-refractivity contribution is 7.15. The van der Waals surface area contributed by atoms with Gasteiger partial charge in [-0.2, -0.15) is 0 Å². The normalized spacial score (nSPS) is 12.3. The van der Waals surface area contributed by atoms with Gasteiger partial charge in [0.1, 0.15) is 15.4 Å². The van der Waals surface area contributed by atoms with Crippen molar-refractivity contribution in [3.8, 4) is 10.6 Å². The summed E-state index contributed by atoms with van der Waals surface area (Å²) in [6.45, 7) is 2.07. The predicted molar refractivity (Wildman–Crippen MR) is 84.2 cm³/mol. The van der Waals surface area contributed by atoms with Crippen molar-refractivity contribution in [1.82, 2.24) is 10.2 Å². The van der Waals surface area contributed by atoms with Gasteiger partial charge < -0.3 is 0 Å². The van der Waals surface area contributed by atoms with Crippen LogP contribution in [0.25, 0.3) is 10.6 Å². The van der Waals surface area contributed by atoms with Crippen LogP contribution in [-0.4, -0.2) is 10.2 Å². The van der Waals surface area contributed by atoms with Gasteiger partial charge in [0.25, 0.3) is 0 Å². The first kappa shape index (κ1) is 13.3. The van der Waals surface area contributed by atoms with E-state index in [9.17, 15) is 0 Å². The molecule has 0 amide bonds. The molecule has 2 aromatic carbocycles. The monoisotopic (exact) mass is 300 g/mol. The summed E-state index contributed by atoms with van der Waals surface area (Å²) in [7, 11) is 0. The van der Waals surface area contributed by atoms with E-state index in [0.29, 0.717) is 0 Å². The van der Waals surface area contributed by atoms with Crippen LogP contribution in [0.2, 0.25) is 0 Å². The molecule has 3 rings (SSSR count). The van der Waals surface area contributed by atoms with Crippen molar-refractivity contribution in [1.29, 1.82) is 0 Å². The van der Waals surface area contributed by atoms with Gasteiger partial charge in [-0.3, -0.25) is 0 Å². The van der Waals surface area contributed by atoms with Crippen LogP contribution in [-0.2, 0) is 0 Å². The lowest BCUT2D eigenvalue weighted by atomic mass is 10.1. The molecule has 1 unspecified atom stereocenters. The maximum atomic E-state index is 6.47. The molecule has 20 heavy (non-hydrogen) atoms. The molecule has 0 aliphatic rings. The standard InChI is InChI=1S/C16H13ClN2S/c1-11-7-9-13(10-8-11)15-18-19-16(20-15)14(17)12-5-3-2-4-6-12/h2-10,14H,1H3. The molecule has 0 spiro atoms. The summed E-state index contributed by atoms with van der Waals surface area (Å²) in [5.74, 6) is 0. The quantitative estimate of drug-likeness (QED) is 0.647. The van der Waals surface area contributed by atoms with Crippen molar-refractivity contribution in [2.45, 2.75) is 12.3 Å². The molecule has 4 heteroatoms. The van der Waals surface area contributed by atoms with Crippen LogP contribution in [0, 0.1) is 6.92 Å². The number of halogens is 1. The van der Waals surface area contributed by atoms with E-state index in [4.69, 9.17) is 11.6 Å². The van der Waals surface area contributed by atoms with E-state index < -0.39 is 0 Å². The van der Waals surface area contributed by atoms with E-state index in [-0.39, 0.29) is 5.38 Å². The first-order valence-corrected chi connectivity index (χ1v) is 7.59. The third-order valence-electron chi connectivity index (χ3n) is 3.05. The second kappa shape index (κ2) is 5.73. The molecule has 0 N–H and O–H groups in total. The van der Waals surface area contributed by atoms with Crippen LogP contribution >= 0.6 is 22.9 Å². The zero-order chi connectivity index (χ0) is 13.9. The second-order valence-corrected chi connectivity index (χ2v) is 6.03. The molecule has 100 valence electrons. The maximum absolute atomic E-state index is 6.47. The van der Waals surface area contributed by atoms with Crippen molar-refractivity contribution in [2.24, 2.45) is 0 Å². The largest absolute Gasteiger partial charge is 0.147 e. The maximum Gasteiger partial charge on any atom is 0.147 e. The minimum Gasteiger partial charge on any atom is -0.141 e. The average Bonchev–Trinajstić information content (AvgIpc) is 2.98. The van der Waals surface area contributed by atoms with E-state index in [1.54, 1.807) is 11.3 Å². The Kier molecular flexibility index (Phi) is 3.81. The lowest BCUT2D eigenvalue weighted by molar-refractivity contribution is 0.988. The van der Waals surface area contributed by atoms with E-state index in [1.807, 2.05) is 30.3 Å². The summed E-state index contributed by atoms with van der Waals surface area (Å²) >= 11 is 8.01. The Morgan fingerprint density at radius 2 is 1.65 bits per heavy atom. The number of hydrogen-bond donors (Lipinski definition) is 0. The van der Waals surface area contributed by atoms with E-state index >= 15 is 0 Å². The third kappa shape index (κ3) is 2.74. The fourth-order valence-electron chi connectivity index (χ4n) is 1.91. The molecule has 0 radical (unpaired) electrons. The van der Waals surface area contributed by atoms with Crippen LogP contribution < -0.4 is 0 Å². The number of rotatable bonds is 3. The first-order valence-electron chi connectivity index (χ1n) is 6.33. The minimum absolute atomic E-state index is 0.243. The van der Waals surface area contributed by atoms with Crippen LogP contribution in [0.4, 0.5) is 0 Å². The highest BCUT2D eigenvalue weighted by atomic mass is 35.5. The molecule has 0 saturated carbocycles. The van der Waals surface area contributed by atoms with Gasteiger partial charge in [-0.15, -0.1) is 21.8 Å². The summed E-state index contributed by atoms with van der Waals surface area (Å²) < 4.78 is 0. The Bertz CT molecular complexity index is 692. The summed E-state index contributed by atoms with van der Waals surface area (Å²) in [6, 6.07) is 18.2. The number of benzene rings is 2. The molecule has 3 aromatic rings. The van der Waals surface area contributed by atoms with Gasteiger partial charge in [0.2, 0.25) is 0 Å². The minimum atomic E-state index is -0.243. The predicted octanol–water partition coefficient (Wildman–Crippen LogP) is 4.84. The number of hydrogen-bond acceptors (Lipinski definition) is 3. The van der Waals surface area contributed by atoms with Gasteiger partial charge in [-0.25, -0.2) is 0 Å². The van der Waals surface area contributed by atoms with Gasteiger partial charge in [0, 0.05) is 5.56 Å². The fourth-order valence-corrected chi connectivity index (χ4v) is 3.09. The first-order chi connectivity index (χ1) is 9.74. The topological polar surface area (TPSA) is 25.8 Å². The molecule has 2 nitrogen and oxygen atoms in total. The number of aryl methyl sites for hydroxylation is 1. The molecule has 1 heterocycles. The number of nitrogens with zero attached hydrogens (tertiary/aromatic N) is 2. The molecular formula is C16H13ClN2S. The van der Waals surface area contributed by atoms with Crippen LogP contribution in [0.15, 0.2) is 54.6 Å². The lowest BCUT2D eigenvalue weighted by Gasteiger charge is -2.04. The summed E-state index contributed by atoms with van der Waals surface area (Å²) in [6.07, 6.45) is 0. The molecule has 0 aliphatic carbocycles. The number of alkyl halides is 1. The summed E-state index contributed by atoms with van der Waals surface area (Å²) in [5, 5.41) is 9.96. The molecule has 0 bridgehead atoms. The molecule has 0 saturated heterocycles. The number of aromatic nitrogens is 2. The molecular weight excluding hydrogens is 288 g/mol. The highest BCUT2D eigenvalue weighted by Gasteiger charge is 2.16. The Balaban J connectivity index is 1.89. The van der Waals surface area contributed by atoms with Gasteiger partial charge in [-0.05, 0) is 12.5 Å². The smallest absolute Gasteiger partial charge is 0.141 e. The summed E-state index contributed by atoms with van der Waals surface area (Å²) in [5.41, 5.74) is 3.36. The average molecular weight is 301 g/mol. The zero-order valence-corrected chi connectivity index (χ0v) is 12.5. The second-order valence-electron chi connectivity index (χ2n) is 4.58. The SMILES string of the molecule is Cc1ccc(-c2nnc(C(Cl)c3ccccc3)s2)cc1. The zero-order valence-electron chi connectivity index (χ0n) is 11.0. The van der Waals surface area contributed by atoms with Crippen molar-refractivity contribution in [3.63, 3.8) is 0 Å². The highest BCUT2D eigenvalue weighted by Crippen LogP contribution is 2.33. The van der Waals surface area contributed by atoms with Crippen molar-refractivity contribution in [3.05, 3.63) is 70.7 Å². The van der Waals surface area contributed by atoms with E-state index in [0.717, 1.165) is 21.1 Å². The van der Waals surface area contributed by atoms with Gasteiger partial charge in [-0.1, -0.05) is 71.5 Å². The Morgan fingerprint density at radius 1 is 0.950 bits per heavy atom. The van der Waals surface area contributed by atoms with Gasteiger partial charge in [0.15, 0.2) is 0 Å². The van der Waals surface area contributed by atoms with Crippen LogP contribution in [0.5, 0.6) is 0 Å². The van der Waals surface area contributed by atoms with Crippen LogP contribution in [0.1, 0.15) is 21.5 Å². The van der Waals surface area contributed by atoms with Crippen molar-refractivity contribution < 1.29 is 0 Å². The van der Waals surface area contributed by atoms with Crippen LogP contribution in [0.3, 0.4) is 0 Å². The van der Waals surface area contributed by atoms with E-state index in [1.165, 1.54) is 5.56 Å². The molecule has 1 aromatic heterocycles. The van der Waals surface area contributed by atoms with Crippen molar-refractivity contribution in [2.75, 3.05) is 0 Å². The molecule has 1 atom stereocenters. The third-order valence-corrected chi connectivity index (χ3v) is 4.67. The van der Waals surface area contributed by atoms with Gasteiger partial charge in [0.05, 0.1) is 0 Å². The van der Waals surface area contributed by atoms with E-state index in [2.05, 4.69) is 41.4 Å². The van der Waals surface area contributed by atoms with Gasteiger partial charge >= 0.3 is 0 Å².